The van der Waals surface area contributed by atoms with Gasteiger partial charge in [0, 0.05) is 12.8 Å². The number of hydrogen-bond donors (Lipinski definition) is 0. The summed E-state index contributed by atoms with van der Waals surface area (Å²) >= 11 is 5.77. The van der Waals surface area contributed by atoms with Gasteiger partial charge < -0.3 is 0 Å². The summed E-state index contributed by atoms with van der Waals surface area (Å²) in [5.74, 6) is 0.540. The van der Waals surface area contributed by atoms with E-state index < -0.39 is 11.9 Å². The normalized spacial score (nSPS) is 24.9. The Labute approximate surface area is 100 Å². The van der Waals surface area contributed by atoms with Crippen molar-refractivity contribution >= 4 is 23.5 Å². The maximum atomic E-state index is 11.2. The van der Waals surface area contributed by atoms with Crippen molar-refractivity contribution in [3.05, 3.63) is 0 Å². The van der Waals surface area contributed by atoms with Crippen LogP contribution in [0.2, 0.25) is 0 Å². The highest BCUT2D eigenvalue weighted by atomic mass is 35.5. The van der Waals surface area contributed by atoms with Crippen LogP contribution in [0.4, 0.5) is 0 Å². The van der Waals surface area contributed by atoms with Crippen LogP contribution in [0.1, 0.15) is 39.0 Å². The molecule has 1 aliphatic rings. The third kappa shape index (κ3) is 4.84. The topological polar surface area (TPSA) is 52.6 Å². The number of hydrogen-bond acceptors (Lipinski definition) is 4. The number of halogens is 1. The van der Waals surface area contributed by atoms with Gasteiger partial charge in [-0.2, -0.15) is 0 Å². The fourth-order valence-electron chi connectivity index (χ4n) is 1.96. The molecule has 1 fully saturated rings. The second-order valence-corrected chi connectivity index (χ2v) is 4.58. The molecule has 4 nitrogen and oxygen atoms in total. The van der Waals surface area contributed by atoms with Crippen LogP contribution in [0.25, 0.3) is 0 Å². The Bertz CT molecular complexity index is 246. The Kier molecular flexibility index (Phi) is 5.60. The lowest BCUT2D eigenvalue weighted by Gasteiger charge is -2.26. The number of carbonyl (C=O) groups excluding carboxylic acids is 2. The minimum atomic E-state index is -0.612. The Morgan fingerprint density at radius 1 is 1.12 bits per heavy atom. The van der Waals surface area contributed by atoms with Gasteiger partial charge in [-0.25, -0.2) is 19.4 Å². The highest BCUT2D eigenvalue weighted by Gasteiger charge is 2.23. The SMILES string of the molecule is CC(=O)OOC(=O)CC1CCC(CCl)CC1. The fourth-order valence-corrected chi connectivity index (χ4v) is 2.27. The Balaban J connectivity index is 2.18. The van der Waals surface area contributed by atoms with Crippen molar-refractivity contribution in [1.82, 2.24) is 0 Å². The van der Waals surface area contributed by atoms with Crippen molar-refractivity contribution in [2.45, 2.75) is 39.0 Å². The smallest absolute Gasteiger partial charge is 0.248 e. The second kappa shape index (κ2) is 6.74. The lowest BCUT2D eigenvalue weighted by atomic mass is 9.81. The average Bonchev–Trinajstić information content (AvgIpc) is 2.27. The summed E-state index contributed by atoms with van der Waals surface area (Å²) in [5.41, 5.74) is 0. The van der Waals surface area contributed by atoms with E-state index in [4.69, 9.17) is 11.6 Å². The van der Waals surface area contributed by atoms with Gasteiger partial charge in [0.05, 0.1) is 6.42 Å². The van der Waals surface area contributed by atoms with Crippen LogP contribution in [0, 0.1) is 11.8 Å². The van der Waals surface area contributed by atoms with Gasteiger partial charge in [-0.15, -0.1) is 11.6 Å². The molecule has 0 spiro atoms. The van der Waals surface area contributed by atoms with Crippen molar-refractivity contribution in [3.63, 3.8) is 0 Å². The lowest BCUT2D eigenvalue weighted by Crippen LogP contribution is -2.19. The molecule has 0 radical (unpaired) electrons. The van der Waals surface area contributed by atoms with Crippen molar-refractivity contribution in [2.24, 2.45) is 11.8 Å². The number of alkyl halides is 1. The fraction of sp³-hybridized carbons (Fsp3) is 0.818. The minimum absolute atomic E-state index is 0.322. The molecule has 16 heavy (non-hydrogen) atoms. The van der Waals surface area contributed by atoms with Crippen molar-refractivity contribution in [1.29, 1.82) is 0 Å². The van der Waals surface area contributed by atoms with Crippen LogP contribution in [-0.4, -0.2) is 17.8 Å². The molecular weight excluding hydrogens is 232 g/mol. The molecule has 92 valence electrons. The summed E-state index contributed by atoms with van der Waals surface area (Å²) in [6.45, 7) is 1.19. The van der Waals surface area contributed by atoms with E-state index >= 15 is 0 Å². The maximum Gasteiger partial charge on any atom is 0.355 e. The monoisotopic (exact) mass is 248 g/mol. The highest BCUT2D eigenvalue weighted by molar-refractivity contribution is 6.18. The predicted molar refractivity (Wildman–Crippen MR) is 58.6 cm³/mol. The van der Waals surface area contributed by atoms with E-state index in [0.29, 0.717) is 24.1 Å². The summed E-state index contributed by atoms with van der Waals surface area (Å²) in [5, 5.41) is 0. The van der Waals surface area contributed by atoms with Crippen LogP contribution < -0.4 is 0 Å². The molecule has 1 rings (SSSR count). The zero-order valence-corrected chi connectivity index (χ0v) is 10.2. The molecule has 0 aromatic rings. The minimum Gasteiger partial charge on any atom is -0.248 e. The summed E-state index contributed by atoms with van der Waals surface area (Å²) in [6, 6.07) is 0. The van der Waals surface area contributed by atoms with Gasteiger partial charge in [0.25, 0.3) is 0 Å². The van der Waals surface area contributed by atoms with E-state index in [-0.39, 0.29) is 0 Å². The van der Waals surface area contributed by atoms with Crippen LogP contribution in [-0.2, 0) is 19.4 Å². The molecule has 0 bridgehead atoms. The summed E-state index contributed by atoms with van der Waals surface area (Å²) in [6.07, 6.45) is 4.44. The van der Waals surface area contributed by atoms with Gasteiger partial charge >= 0.3 is 11.9 Å². The van der Waals surface area contributed by atoms with Crippen LogP contribution >= 0.6 is 11.6 Å². The first kappa shape index (κ1) is 13.3. The quantitative estimate of drug-likeness (QED) is 0.437. The van der Waals surface area contributed by atoms with Gasteiger partial charge in [0.2, 0.25) is 0 Å². The van der Waals surface area contributed by atoms with E-state index in [1.807, 2.05) is 0 Å². The van der Waals surface area contributed by atoms with E-state index in [2.05, 4.69) is 9.78 Å². The third-order valence-electron chi connectivity index (χ3n) is 2.89. The molecule has 0 aliphatic heterocycles. The molecule has 0 unspecified atom stereocenters. The average molecular weight is 249 g/mol. The van der Waals surface area contributed by atoms with Gasteiger partial charge in [0.15, 0.2) is 0 Å². The molecule has 0 N–H and O–H groups in total. The second-order valence-electron chi connectivity index (χ2n) is 4.28. The van der Waals surface area contributed by atoms with Crippen LogP contribution in [0.3, 0.4) is 0 Å². The molecule has 0 atom stereocenters. The zero-order valence-electron chi connectivity index (χ0n) is 9.41. The van der Waals surface area contributed by atoms with Crippen molar-refractivity contribution in [3.8, 4) is 0 Å². The zero-order chi connectivity index (χ0) is 12.0. The maximum absolute atomic E-state index is 11.2. The molecule has 0 amide bonds. The summed E-state index contributed by atoms with van der Waals surface area (Å²) < 4.78 is 0. The molecule has 5 heteroatoms. The molecule has 0 heterocycles. The summed E-state index contributed by atoms with van der Waals surface area (Å²) in [4.78, 5) is 30.2. The van der Waals surface area contributed by atoms with E-state index in [1.54, 1.807) is 0 Å². The predicted octanol–water partition coefficient (Wildman–Crippen LogP) is 2.44. The number of carbonyl (C=O) groups is 2. The molecule has 1 aliphatic carbocycles. The van der Waals surface area contributed by atoms with Crippen molar-refractivity contribution in [2.75, 3.05) is 5.88 Å². The first-order valence-corrected chi connectivity index (χ1v) is 6.09. The first-order chi connectivity index (χ1) is 7.61. The molecule has 0 aromatic carbocycles. The molecular formula is C11H17ClO4. The Morgan fingerprint density at radius 3 is 2.19 bits per heavy atom. The van der Waals surface area contributed by atoms with Crippen LogP contribution in [0.5, 0.6) is 0 Å². The summed E-state index contributed by atoms with van der Waals surface area (Å²) in [7, 11) is 0. The van der Waals surface area contributed by atoms with Crippen molar-refractivity contribution < 1.29 is 19.4 Å². The van der Waals surface area contributed by atoms with Crippen LogP contribution in [0.15, 0.2) is 0 Å². The Hall–Kier alpha value is -0.770. The van der Waals surface area contributed by atoms with E-state index in [1.165, 1.54) is 6.92 Å². The van der Waals surface area contributed by atoms with Gasteiger partial charge in [0.1, 0.15) is 0 Å². The molecule has 0 saturated heterocycles. The lowest BCUT2D eigenvalue weighted by molar-refractivity contribution is -0.258. The Morgan fingerprint density at radius 2 is 1.69 bits per heavy atom. The largest absolute Gasteiger partial charge is 0.355 e. The number of rotatable bonds is 3. The first-order valence-electron chi connectivity index (χ1n) is 5.55. The van der Waals surface area contributed by atoms with E-state index in [0.717, 1.165) is 25.7 Å². The van der Waals surface area contributed by atoms with Gasteiger partial charge in [-0.3, -0.25) is 0 Å². The van der Waals surface area contributed by atoms with E-state index in [9.17, 15) is 9.59 Å². The van der Waals surface area contributed by atoms with Gasteiger partial charge in [-0.1, -0.05) is 0 Å². The molecule has 0 aromatic heterocycles. The molecule has 1 saturated carbocycles. The highest BCUT2D eigenvalue weighted by Crippen LogP contribution is 2.31. The van der Waals surface area contributed by atoms with Gasteiger partial charge in [-0.05, 0) is 37.5 Å². The standard InChI is InChI=1S/C11H17ClO4/c1-8(13)15-16-11(14)6-9-2-4-10(7-12)5-3-9/h9-10H,2-7H2,1H3. The third-order valence-corrected chi connectivity index (χ3v) is 3.33.